The number of rotatable bonds is 5. The molecule has 0 heterocycles. The smallest absolute Gasteiger partial charge is 0.416 e. The monoisotopic (exact) mass is 373 g/mol. The van der Waals surface area contributed by atoms with E-state index in [9.17, 15) is 26.4 Å². The van der Waals surface area contributed by atoms with Crippen molar-refractivity contribution in [1.29, 1.82) is 0 Å². The van der Waals surface area contributed by atoms with Gasteiger partial charge in [-0.15, -0.1) is 0 Å². The molecule has 0 spiro atoms. The van der Waals surface area contributed by atoms with Crippen LogP contribution in [0.3, 0.4) is 0 Å². The number of carboxylic acid groups (broad SMARTS) is 1. The van der Waals surface area contributed by atoms with E-state index in [0.717, 1.165) is 18.2 Å². The van der Waals surface area contributed by atoms with E-state index in [1.165, 1.54) is 18.2 Å². The molecule has 5 nitrogen and oxygen atoms in total. The van der Waals surface area contributed by atoms with Crippen molar-refractivity contribution in [3.8, 4) is 0 Å². The van der Waals surface area contributed by atoms with Gasteiger partial charge in [0.05, 0.1) is 16.0 Å². The fraction of sp³-hybridized carbons (Fsp3) is 0.188. The van der Waals surface area contributed by atoms with Crippen molar-refractivity contribution in [3.05, 3.63) is 59.2 Å². The van der Waals surface area contributed by atoms with E-state index in [2.05, 4.69) is 4.72 Å². The summed E-state index contributed by atoms with van der Waals surface area (Å²) in [7, 11) is -4.26. The van der Waals surface area contributed by atoms with Crippen LogP contribution < -0.4 is 4.72 Å². The highest BCUT2D eigenvalue weighted by atomic mass is 32.2. The number of alkyl halides is 3. The number of carbonyl (C=O) groups is 1. The van der Waals surface area contributed by atoms with Crippen LogP contribution in [-0.2, 0) is 22.6 Å². The normalized spacial score (nSPS) is 12.0. The van der Waals surface area contributed by atoms with Crippen LogP contribution in [0.5, 0.6) is 0 Å². The predicted molar refractivity (Wildman–Crippen MR) is 85.0 cm³/mol. The third-order valence-corrected chi connectivity index (χ3v) is 4.89. The third kappa shape index (κ3) is 4.30. The van der Waals surface area contributed by atoms with Crippen molar-refractivity contribution in [3.63, 3.8) is 0 Å². The summed E-state index contributed by atoms with van der Waals surface area (Å²) in [5.41, 5.74) is -1.15. The van der Waals surface area contributed by atoms with Crippen LogP contribution in [0.2, 0.25) is 0 Å². The molecule has 2 N–H and O–H groups in total. The Morgan fingerprint density at radius 3 is 2.40 bits per heavy atom. The van der Waals surface area contributed by atoms with Crippen LogP contribution in [0.4, 0.5) is 18.9 Å². The van der Waals surface area contributed by atoms with E-state index in [1.54, 1.807) is 6.92 Å². The van der Waals surface area contributed by atoms with E-state index in [0.29, 0.717) is 18.1 Å². The number of benzene rings is 2. The first-order valence-electron chi connectivity index (χ1n) is 7.11. The number of anilines is 1. The molecule has 0 amide bonds. The van der Waals surface area contributed by atoms with Gasteiger partial charge in [-0.3, -0.25) is 4.72 Å². The van der Waals surface area contributed by atoms with Crippen LogP contribution in [0.15, 0.2) is 47.4 Å². The first kappa shape index (κ1) is 18.8. The zero-order valence-corrected chi connectivity index (χ0v) is 13.8. The van der Waals surface area contributed by atoms with Crippen molar-refractivity contribution in [2.24, 2.45) is 0 Å². The molecule has 0 atom stereocenters. The number of aromatic carboxylic acids is 1. The van der Waals surface area contributed by atoms with Gasteiger partial charge in [-0.2, -0.15) is 13.2 Å². The molecule has 2 aromatic carbocycles. The van der Waals surface area contributed by atoms with Crippen LogP contribution in [0.1, 0.15) is 28.4 Å². The molecule has 0 unspecified atom stereocenters. The minimum absolute atomic E-state index is 0.235. The lowest BCUT2D eigenvalue weighted by Gasteiger charge is -2.14. The molecular formula is C16H14F3NO4S. The van der Waals surface area contributed by atoms with E-state index in [1.807, 2.05) is 0 Å². The van der Waals surface area contributed by atoms with E-state index >= 15 is 0 Å². The Labute approximate surface area is 142 Å². The van der Waals surface area contributed by atoms with Gasteiger partial charge in [0.15, 0.2) is 0 Å². The molecule has 2 aromatic rings. The Morgan fingerprint density at radius 2 is 1.84 bits per heavy atom. The molecule has 0 aliphatic heterocycles. The molecule has 134 valence electrons. The highest BCUT2D eigenvalue weighted by molar-refractivity contribution is 7.92. The molecule has 0 aromatic heterocycles. The maximum atomic E-state index is 12.7. The van der Waals surface area contributed by atoms with Gasteiger partial charge < -0.3 is 5.11 Å². The minimum Gasteiger partial charge on any atom is -0.478 e. The summed E-state index contributed by atoms with van der Waals surface area (Å²) in [5, 5.41) is 9.01. The lowest BCUT2D eigenvalue weighted by molar-refractivity contribution is -0.137. The largest absolute Gasteiger partial charge is 0.478 e. The predicted octanol–water partition coefficient (Wildman–Crippen LogP) is 3.77. The molecule has 25 heavy (non-hydrogen) atoms. The van der Waals surface area contributed by atoms with Gasteiger partial charge in [-0.25, -0.2) is 13.2 Å². The second kappa shape index (κ2) is 6.75. The molecule has 0 saturated heterocycles. The summed E-state index contributed by atoms with van der Waals surface area (Å²) in [4.78, 5) is 10.8. The summed E-state index contributed by atoms with van der Waals surface area (Å²) >= 11 is 0. The summed E-state index contributed by atoms with van der Waals surface area (Å²) < 4.78 is 65.4. The van der Waals surface area contributed by atoms with E-state index in [4.69, 9.17) is 5.11 Å². The topological polar surface area (TPSA) is 83.5 Å². The molecular weight excluding hydrogens is 359 g/mol. The number of halogens is 3. The number of sulfonamides is 1. The van der Waals surface area contributed by atoms with Gasteiger partial charge >= 0.3 is 12.1 Å². The zero-order chi connectivity index (χ0) is 18.8. The van der Waals surface area contributed by atoms with Crippen LogP contribution in [0, 0.1) is 0 Å². The number of hydrogen-bond acceptors (Lipinski definition) is 3. The van der Waals surface area contributed by atoms with Gasteiger partial charge in [-0.05, 0) is 42.3 Å². The van der Waals surface area contributed by atoms with Crippen molar-refractivity contribution >= 4 is 21.7 Å². The second-order valence-corrected chi connectivity index (χ2v) is 6.82. The molecule has 0 fully saturated rings. The number of hydrogen-bond donors (Lipinski definition) is 2. The molecule has 0 aliphatic carbocycles. The fourth-order valence-corrected chi connectivity index (χ4v) is 3.59. The Balaban J connectivity index is 2.46. The first-order chi connectivity index (χ1) is 11.5. The summed E-state index contributed by atoms with van der Waals surface area (Å²) in [5.74, 6) is -1.31. The first-order valence-corrected chi connectivity index (χ1v) is 8.59. The van der Waals surface area contributed by atoms with E-state index < -0.39 is 27.7 Å². The molecule has 0 aliphatic rings. The Hall–Kier alpha value is -2.55. The summed E-state index contributed by atoms with van der Waals surface area (Å²) in [6.45, 7) is 1.68. The molecule has 2 rings (SSSR count). The Bertz CT molecular complexity index is 908. The number of nitrogens with one attached hydrogen (secondary N) is 1. The van der Waals surface area contributed by atoms with Gasteiger partial charge in [0.2, 0.25) is 0 Å². The average Bonchev–Trinajstić information content (AvgIpc) is 2.53. The van der Waals surface area contributed by atoms with Crippen molar-refractivity contribution < 1.29 is 31.5 Å². The standard InChI is InChI=1S/C16H14F3NO4S/c1-2-10-6-7-11(15(21)22)8-14(10)25(23,24)20-13-5-3-4-12(9-13)16(17,18)19/h3-9,20H,2H2,1H3,(H,21,22). The number of carboxylic acids is 1. The fourth-order valence-electron chi connectivity index (χ4n) is 2.20. The highest BCUT2D eigenvalue weighted by Gasteiger charge is 2.31. The maximum Gasteiger partial charge on any atom is 0.416 e. The lowest BCUT2D eigenvalue weighted by Crippen LogP contribution is -2.16. The number of aryl methyl sites for hydroxylation is 1. The SMILES string of the molecule is CCc1ccc(C(=O)O)cc1S(=O)(=O)Nc1cccc(C(F)(F)F)c1. The molecule has 0 saturated carbocycles. The third-order valence-electron chi connectivity index (χ3n) is 3.43. The maximum absolute atomic E-state index is 12.7. The highest BCUT2D eigenvalue weighted by Crippen LogP contribution is 2.31. The zero-order valence-electron chi connectivity index (χ0n) is 13.0. The molecule has 0 bridgehead atoms. The molecule has 9 heteroatoms. The summed E-state index contributed by atoms with van der Waals surface area (Å²) in [6, 6.07) is 7.37. The van der Waals surface area contributed by atoms with Crippen molar-refractivity contribution in [2.45, 2.75) is 24.4 Å². The Kier molecular flexibility index (Phi) is 5.07. The quantitative estimate of drug-likeness (QED) is 0.836. The minimum atomic E-state index is -4.61. The van der Waals surface area contributed by atoms with Gasteiger partial charge in [0, 0.05) is 5.69 Å². The van der Waals surface area contributed by atoms with Gasteiger partial charge in [0.1, 0.15) is 0 Å². The van der Waals surface area contributed by atoms with Crippen LogP contribution in [0.25, 0.3) is 0 Å². The Morgan fingerprint density at radius 1 is 1.16 bits per heavy atom. The molecule has 0 radical (unpaired) electrons. The van der Waals surface area contributed by atoms with Gasteiger partial charge in [-0.1, -0.05) is 19.1 Å². The van der Waals surface area contributed by atoms with Crippen LogP contribution in [-0.4, -0.2) is 19.5 Å². The van der Waals surface area contributed by atoms with Gasteiger partial charge in [0.25, 0.3) is 10.0 Å². The second-order valence-electron chi connectivity index (χ2n) is 5.17. The summed E-state index contributed by atoms with van der Waals surface area (Å²) in [6.07, 6.45) is -4.31. The lowest BCUT2D eigenvalue weighted by atomic mass is 10.1. The van der Waals surface area contributed by atoms with Crippen molar-refractivity contribution in [1.82, 2.24) is 0 Å². The van der Waals surface area contributed by atoms with Crippen molar-refractivity contribution in [2.75, 3.05) is 4.72 Å². The van der Waals surface area contributed by atoms with E-state index in [-0.39, 0.29) is 16.1 Å². The average molecular weight is 373 g/mol. The van der Waals surface area contributed by atoms with Crippen LogP contribution >= 0.6 is 0 Å².